The van der Waals surface area contributed by atoms with Gasteiger partial charge in [-0.1, -0.05) is 24.3 Å². The molecular formula is C29H24N4O7. The Labute approximate surface area is 228 Å². The lowest BCUT2D eigenvalue weighted by molar-refractivity contribution is -0.385. The minimum Gasteiger partial charge on any atom is -0.486 e. The Hall–Kier alpha value is -5.45. The first-order valence-corrected chi connectivity index (χ1v) is 12.3. The molecule has 5 rings (SSSR count). The number of esters is 1. The molecule has 0 radical (unpaired) electrons. The smallest absolute Gasteiger partial charge is 0.331 e. The van der Waals surface area contributed by atoms with E-state index in [1.807, 2.05) is 48.5 Å². The molecule has 0 spiro atoms. The number of nitro groups is 1. The van der Waals surface area contributed by atoms with E-state index in [1.54, 1.807) is 23.9 Å². The van der Waals surface area contributed by atoms with Gasteiger partial charge in [0.25, 0.3) is 11.6 Å². The summed E-state index contributed by atoms with van der Waals surface area (Å²) in [6.07, 6.45) is 4.54. The van der Waals surface area contributed by atoms with Gasteiger partial charge in [0, 0.05) is 40.7 Å². The van der Waals surface area contributed by atoms with Gasteiger partial charge in [-0.15, -0.1) is 0 Å². The molecule has 11 nitrogen and oxygen atoms in total. The molecular weight excluding hydrogens is 516 g/mol. The number of nitrogens with zero attached hydrogens (tertiary/aromatic N) is 3. The predicted molar refractivity (Wildman–Crippen MR) is 146 cm³/mol. The SMILES string of the molecule is Cc1ccc(NC(=O)COC(=O)C=Cc2cn(-c3ccccc3)nc2-c2ccc3c(c2)OCCO3)cc1[N+](=O)[O-]. The molecule has 1 amide bonds. The first kappa shape index (κ1) is 26.2. The van der Waals surface area contributed by atoms with Gasteiger partial charge in [0.2, 0.25) is 0 Å². The quantitative estimate of drug-likeness (QED) is 0.147. The Morgan fingerprint density at radius 3 is 2.62 bits per heavy atom. The lowest BCUT2D eigenvalue weighted by Crippen LogP contribution is -2.20. The van der Waals surface area contributed by atoms with Crippen LogP contribution in [-0.2, 0) is 14.3 Å². The summed E-state index contributed by atoms with van der Waals surface area (Å²) in [6.45, 7) is 1.96. The molecule has 0 saturated heterocycles. The molecule has 40 heavy (non-hydrogen) atoms. The molecule has 0 unspecified atom stereocenters. The minimum atomic E-state index is -0.745. The Morgan fingerprint density at radius 2 is 1.85 bits per heavy atom. The van der Waals surface area contributed by atoms with Crippen molar-refractivity contribution in [1.29, 1.82) is 0 Å². The summed E-state index contributed by atoms with van der Waals surface area (Å²) in [5, 5.41) is 18.3. The fraction of sp³-hybridized carbons (Fsp3) is 0.138. The van der Waals surface area contributed by atoms with E-state index in [4.69, 9.17) is 19.3 Å². The number of amides is 1. The molecule has 1 aliphatic rings. The van der Waals surface area contributed by atoms with Gasteiger partial charge in [-0.25, -0.2) is 9.48 Å². The van der Waals surface area contributed by atoms with Crippen molar-refractivity contribution in [2.24, 2.45) is 0 Å². The summed E-state index contributed by atoms with van der Waals surface area (Å²) >= 11 is 0. The normalized spacial score (nSPS) is 12.2. The van der Waals surface area contributed by atoms with E-state index >= 15 is 0 Å². The third-order valence-corrected chi connectivity index (χ3v) is 6.01. The van der Waals surface area contributed by atoms with Crippen LogP contribution >= 0.6 is 0 Å². The van der Waals surface area contributed by atoms with E-state index in [1.165, 1.54) is 24.3 Å². The van der Waals surface area contributed by atoms with Crippen molar-refractivity contribution >= 4 is 29.3 Å². The van der Waals surface area contributed by atoms with E-state index in [-0.39, 0.29) is 11.4 Å². The highest BCUT2D eigenvalue weighted by atomic mass is 16.6. The molecule has 4 aromatic rings. The number of anilines is 1. The minimum absolute atomic E-state index is 0.123. The predicted octanol–water partition coefficient (Wildman–Crippen LogP) is 4.72. The van der Waals surface area contributed by atoms with Crippen LogP contribution in [0.25, 0.3) is 23.0 Å². The maximum Gasteiger partial charge on any atom is 0.331 e. The second-order valence-electron chi connectivity index (χ2n) is 8.82. The number of rotatable bonds is 8. The van der Waals surface area contributed by atoms with E-state index in [0.717, 1.165) is 11.3 Å². The molecule has 0 fully saturated rings. The Balaban J connectivity index is 1.30. The molecule has 2 heterocycles. The molecule has 1 aliphatic heterocycles. The number of ether oxygens (including phenoxy) is 3. The van der Waals surface area contributed by atoms with Crippen molar-refractivity contribution in [3.05, 3.63) is 100 Å². The first-order valence-electron chi connectivity index (χ1n) is 12.3. The highest BCUT2D eigenvalue weighted by Crippen LogP contribution is 2.35. The van der Waals surface area contributed by atoms with Gasteiger partial charge < -0.3 is 19.5 Å². The molecule has 1 aromatic heterocycles. The molecule has 3 aromatic carbocycles. The van der Waals surface area contributed by atoms with Gasteiger partial charge in [0.15, 0.2) is 18.1 Å². The van der Waals surface area contributed by atoms with Crippen LogP contribution in [0.5, 0.6) is 11.5 Å². The number of aromatic nitrogens is 2. The number of hydrogen-bond acceptors (Lipinski definition) is 8. The zero-order valence-corrected chi connectivity index (χ0v) is 21.4. The van der Waals surface area contributed by atoms with Crippen LogP contribution in [0, 0.1) is 17.0 Å². The standard InChI is InChI=1S/C29H24N4O7/c1-19-7-10-22(16-24(19)33(36)37)30-27(34)18-40-28(35)12-9-21-17-32(23-5-3-2-4-6-23)31-29(21)20-8-11-25-26(15-20)39-14-13-38-25/h2-12,15-17H,13-14,18H2,1H3,(H,30,34). The van der Waals surface area contributed by atoms with Crippen LogP contribution in [0.15, 0.2) is 79.0 Å². The van der Waals surface area contributed by atoms with Gasteiger partial charge >= 0.3 is 5.97 Å². The fourth-order valence-corrected chi connectivity index (χ4v) is 4.06. The van der Waals surface area contributed by atoms with E-state index in [2.05, 4.69) is 5.32 Å². The highest BCUT2D eigenvalue weighted by molar-refractivity contribution is 5.95. The van der Waals surface area contributed by atoms with Crippen LogP contribution < -0.4 is 14.8 Å². The molecule has 11 heteroatoms. The van der Waals surface area contributed by atoms with Crippen molar-refractivity contribution in [2.45, 2.75) is 6.92 Å². The van der Waals surface area contributed by atoms with Gasteiger partial charge in [0.05, 0.1) is 10.6 Å². The second-order valence-corrected chi connectivity index (χ2v) is 8.82. The third kappa shape index (κ3) is 5.99. The number of carbonyl (C=O) groups excluding carboxylic acids is 2. The number of para-hydroxylation sites is 1. The monoisotopic (exact) mass is 540 g/mol. The summed E-state index contributed by atoms with van der Waals surface area (Å²) in [5.41, 5.74) is 3.40. The van der Waals surface area contributed by atoms with Crippen LogP contribution in [0.2, 0.25) is 0 Å². The van der Waals surface area contributed by atoms with Gasteiger partial charge in [-0.2, -0.15) is 5.10 Å². The van der Waals surface area contributed by atoms with Crippen molar-refractivity contribution in [1.82, 2.24) is 9.78 Å². The van der Waals surface area contributed by atoms with Crippen molar-refractivity contribution in [3.8, 4) is 28.4 Å². The summed E-state index contributed by atoms with van der Waals surface area (Å²) < 4.78 is 18.1. The highest BCUT2D eigenvalue weighted by Gasteiger charge is 2.17. The fourth-order valence-electron chi connectivity index (χ4n) is 4.06. The van der Waals surface area contributed by atoms with Gasteiger partial charge in [-0.3, -0.25) is 14.9 Å². The molecule has 0 aliphatic carbocycles. The van der Waals surface area contributed by atoms with E-state index < -0.39 is 23.4 Å². The maximum atomic E-state index is 12.4. The van der Waals surface area contributed by atoms with Crippen molar-refractivity contribution < 1.29 is 28.7 Å². The summed E-state index contributed by atoms with van der Waals surface area (Å²) in [6, 6.07) is 19.3. The van der Waals surface area contributed by atoms with Crippen LogP contribution in [0.3, 0.4) is 0 Å². The summed E-state index contributed by atoms with van der Waals surface area (Å²) in [5.74, 6) is -0.117. The third-order valence-electron chi connectivity index (χ3n) is 6.01. The number of nitro benzene ring substituents is 1. The van der Waals surface area contributed by atoms with Crippen LogP contribution in [-0.4, -0.2) is 46.4 Å². The molecule has 0 saturated carbocycles. The molecule has 1 N–H and O–H groups in total. The van der Waals surface area contributed by atoms with Gasteiger partial charge in [-0.05, 0) is 49.4 Å². The number of fused-ring (bicyclic) bond motifs is 1. The maximum absolute atomic E-state index is 12.4. The first-order chi connectivity index (χ1) is 19.4. The average molecular weight is 541 g/mol. The second kappa shape index (κ2) is 11.5. The number of benzene rings is 3. The molecule has 0 atom stereocenters. The topological polar surface area (TPSA) is 135 Å². The van der Waals surface area contributed by atoms with Gasteiger partial charge in [0.1, 0.15) is 18.9 Å². The molecule has 0 bridgehead atoms. The van der Waals surface area contributed by atoms with Crippen molar-refractivity contribution in [2.75, 3.05) is 25.1 Å². The zero-order chi connectivity index (χ0) is 28.1. The van der Waals surface area contributed by atoms with Crippen LogP contribution in [0.1, 0.15) is 11.1 Å². The van der Waals surface area contributed by atoms with E-state index in [9.17, 15) is 19.7 Å². The Bertz CT molecular complexity index is 1610. The zero-order valence-electron chi connectivity index (χ0n) is 21.4. The number of carbonyl (C=O) groups is 2. The number of aryl methyl sites for hydroxylation is 1. The average Bonchev–Trinajstić information content (AvgIpc) is 3.40. The number of nitrogens with one attached hydrogen (secondary N) is 1. The summed E-state index contributed by atoms with van der Waals surface area (Å²) in [4.78, 5) is 35.3. The number of hydrogen-bond donors (Lipinski definition) is 1. The lowest BCUT2D eigenvalue weighted by Gasteiger charge is -2.18. The van der Waals surface area contributed by atoms with Crippen LogP contribution in [0.4, 0.5) is 11.4 Å². The van der Waals surface area contributed by atoms with E-state index in [0.29, 0.717) is 41.5 Å². The Kier molecular flexibility index (Phi) is 7.54. The Morgan fingerprint density at radius 1 is 1.07 bits per heavy atom. The molecule has 202 valence electrons. The lowest BCUT2D eigenvalue weighted by atomic mass is 10.1. The van der Waals surface area contributed by atoms with Crippen molar-refractivity contribution in [3.63, 3.8) is 0 Å². The summed E-state index contributed by atoms with van der Waals surface area (Å²) in [7, 11) is 0. The largest absolute Gasteiger partial charge is 0.486 e.